The van der Waals surface area contributed by atoms with E-state index in [0.717, 1.165) is 53.6 Å². The molecule has 1 saturated carbocycles. The van der Waals surface area contributed by atoms with Gasteiger partial charge in [0.1, 0.15) is 5.82 Å². The molecule has 8 nitrogen and oxygen atoms in total. The fraction of sp³-hybridized carbons (Fsp3) is 0.565. The summed E-state index contributed by atoms with van der Waals surface area (Å²) in [6, 6.07) is 2.47. The van der Waals surface area contributed by atoms with Gasteiger partial charge in [0.05, 0.1) is 28.3 Å². The van der Waals surface area contributed by atoms with Gasteiger partial charge in [0, 0.05) is 12.5 Å². The van der Waals surface area contributed by atoms with Gasteiger partial charge < -0.3 is 16.0 Å². The van der Waals surface area contributed by atoms with Gasteiger partial charge in [0.2, 0.25) is 11.9 Å². The Balaban J connectivity index is 1.28. The molecule has 170 valence electrons. The third-order valence-corrected chi connectivity index (χ3v) is 7.59. The summed E-state index contributed by atoms with van der Waals surface area (Å²) in [5.74, 6) is 2.69. The zero-order valence-electron chi connectivity index (χ0n) is 18.5. The summed E-state index contributed by atoms with van der Waals surface area (Å²) in [7, 11) is 0. The van der Waals surface area contributed by atoms with Crippen molar-refractivity contribution in [3.63, 3.8) is 0 Å². The zero-order chi connectivity index (χ0) is 21.9. The summed E-state index contributed by atoms with van der Waals surface area (Å²) < 4.78 is 2.53. The van der Waals surface area contributed by atoms with Crippen LogP contribution >= 0.6 is 11.3 Å². The summed E-state index contributed by atoms with van der Waals surface area (Å²) in [5.41, 5.74) is 1.64. The number of aromatic nitrogens is 4. The highest BCUT2D eigenvalue weighted by Crippen LogP contribution is 2.32. The van der Waals surface area contributed by atoms with Crippen molar-refractivity contribution in [3.05, 3.63) is 23.8 Å². The van der Waals surface area contributed by atoms with Crippen LogP contribution in [-0.2, 0) is 0 Å². The van der Waals surface area contributed by atoms with E-state index >= 15 is 0 Å². The van der Waals surface area contributed by atoms with Crippen molar-refractivity contribution >= 4 is 44.9 Å². The molecule has 0 radical (unpaired) electrons. The van der Waals surface area contributed by atoms with Crippen molar-refractivity contribution in [2.24, 2.45) is 11.8 Å². The molecule has 3 N–H and O–H groups in total. The second-order valence-electron chi connectivity index (χ2n) is 9.22. The van der Waals surface area contributed by atoms with Gasteiger partial charge in [0.15, 0.2) is 0 Å². The molecule has 1 aliphatic heterocycles. The largest absolute Gasteiger partial charge is 0.366 e. The molecule has 1 saturated heterocycles. The summed E-state index contributed by atoms with van der Waals surface area (Å²) in [5, 5.41) is 16.6. The molecule has 0 unspecified atom stereocenters. The summed E-state index contributed by atoms with van der Waals surface area (Å²) in [4.78, 5) is 22.1. The first-order valence-corrected chi connectivity index (χ1v) is 12.6. The predicted molar refractivity (Wildman–Crippen MR) is 129 cm³/mol. The van der Waals surface area contributed by atoms with Crippen LogP contribution in [0, 0.1) is 11.8 Å². The minimum atomic E-state index is 0.0352. The number of hydrogen-bond donors (Lipinski definition) is 3. The molecule has 3 aromatic heterocycles. The van der Waals surface area contributed by atoms with Crippen LogP contribution in [0.3, 0.4) is 0 Å². The zero-order valence-corrected chi connectivity index (χ0v) is 19.3. The van der Waals surface area contributed by atoms with Crippen LogP contribution in [0.1, 0.15) is 56.7 Å². The first-order chi connectivity index (χ1) is 15.6. The summed E-state index contributed by atoms with van der Waals surface area (Å²) in [6.45, 7) is 4.31. The lowest BCUT2D eigenvalue weighted by atomic mass is 9.87. The van der Waals surface area contributed by atoms with Gasteiger partial charge in [-0.05, 0) is 74.9 Å². The number of fused-ring (bicyclic) bond motifs is 1. The average molecular weight is 454 g/mol. The molecule has 0 atom stereocenters. The van der Waals surface area contributed by atoms with E-state index in [4.69, 9.17) is 4.98 Å². The number of carbonyl (C=O) groups excluding carboxylic acids is 1. The van der Waals surface area contributed by atoms with Gasteiger partial charge in [0.25, 0.3) is 0 Å². The van der Waals surface area contributed by atoms with Crippen LogP contribution in [0.15, 0.2) is 23.8 Å². The number of thiophene rings is 1. The van der Waals surface area contributed by atoms with Crippen LogP contribution in [-0.4, -0.2) is 44.8 Å². The molecule has 0 bridgehead atoms. The fourth-order valence-corrected chi connectivity index (χ4v) is 5.48. The predicted octanol–water partition coefficient (Wildman–Crippen LogP) is 4.65. The number of carbonyl (C=O) groups is 1. The van der Waals surface area contributed by atoms with Gasteiger partial charge in [-0.1, -0.05) is 6.92 Å². The molecular weight excluding hydrogens is 422 g/mol. The first kappa shape index (κ1) is 21.3. The number of nitrogens with zero attached hydrogens (tertiary/aromatic N) is 4. The maximum Gasteiger partial charge on any atom is 0.247 e. The Morgan fingerprint density at radius 3 is 2.81 bits per heavy atom. The van der Waals surface area contributed by atoms with Gasteiger partial charge in [-0.3, -0.25) is 4.79 Å². The normalized spacial score (nSPS) is 22.2. The average Bonchev–Trinajstić information content (AvgIpc) is 3.46. The standard InChI is InChI=1S/C23H31N7OS/c1-15-2-4-17(5-3-15)26-22-21-19(8-11-32-21)28-23(29-22)27-18-13-25-30(14-18)20(31)12-16-6-9-24-10-7-16/h8,11,13-17,24H,2-7,9-10,12H2,1H3,(H2,26,27,28,29)/t15-,17+. The molecule has 2 fully saturated rings. The highest BCUT2D eigenvalue weighted by molar-refractivity contribution is 7.17. The van der Waals surface area contributed by atoms with E-state index in [-0.39, 0.29) is 5.91 Å². The summed E-state index contributed by atoms with van der Waals surface area (Å²) in [6.07, 6.45) is 10.9. The quantitative estimate of drug-likeness (QED) is 0.500. The molecule has 3 aromatic rings. The van der Waals surface area contributed by atoms with E-state index in [2.05, 4.69) is 38.3 Å². The second-order valence-corrected chi connectivity index (χ2v) is 10.1. The molecule has 0 aromatic carbocycles. The topological polar surface area (TPSA) is 96.8 Å². The first-order valence-electron chi connectivity index (χ1n) is 11.7. The van der Waals surface area contributed by atoms with E-state index < -0.39 is 0 Å². The highest BCUT2D eigenvalue weighted by atomic mass is 32.1. The van der Waals surface area contributed by atoms with Crippen molar-refractivity contribution < 1.29 is 4.79 Å². The number of nitrogens with one attached hydrogen (secondary N) is 3. The fourth-order valence-electron chi connectivity index (χ4n) is 4.69. The third-order valence-electron chi connectivity index (χ3n) is 6.68. The SMILES string of the molecule is C[C@H]1CC[C@@H](Nc2nc(Nc3cnn(C(=O)CC4CCNCC4)c3)nc3ccsc23)CC1. The molecule has 1 aliphatic carbocycles. The summed E-state index contributed by atoms with van der Waals surface area (Å²) >= 11 is 1.66. The lowest BCUT2D eigenvalue weighted by Gasteiger charge is -2.27. The molecule has 0 amide bonds. The Kier molecular flexibility index (Phi) is 6.36. The number of anilines is 3. The molecule has 9 heteroatoms. The van der Waals surface area contributed by atoms with Crippen LogP contribution < -0.4 is 16.0 Å². The van der Waals surface area contributed by atoms with Gasteiger partial charge in [-0.15, -0.1) is 11.3 Å². The second kappa shape index (κ2) is 9.54. The van der Waals surface area contributed by atoms with E-state index in [1.165, 1.54) is 30.4 Å². The molecule has 0 spiro atoms. The lowest BCUT2D eigenvalue weighted by Crippen LogP contribution is -2.29. The monoisotopic (exact) mass is 453 g/mol. The van der Waals surface area contributed by atoms with Crippen molar-refractivity contribution in [1.29, 1.82) is 0 Å². The molecule has 2 aliphatic rings. The molecule has 4 heterocycles. The Bertz CT molecular complexity index is 1060. The minimum Gasteiger partial charge on any atom is -0.366 e. The van der Waals surface area contributed by atoms with Crippen LogP contribution in [0.2, 0.25) is 0 Å². The maximum absolute atomic E-state index is 12.6. The Labute approximate surface area is 192 Å². The van der Waals surface area contributed by atoms with E-state index in [1.54, 1.807) is 23.7 Å². The van der Waals surface area contributed by atoms with E-state index in [1.807, 2.05) is 6.07 Å². The molecule has 5 rings (SSSR count). The van der Waals surface area contributed by atoms with Crippen molar-refractivity contribution in [2.45, 2.75) is 57.9 Å². The smallest absolute Gasteiger partial charge is 0.247 e. The third kappa shape index (κ3) is 4.94. The van der Waals surface area contributed by atoms with Crippen molar-refractivity contribution in [1.82, 2.24) is 25.1 Å². The Morgan fingerprint density at radius 1 is 1.19 bits per heavy atom. The van der Waals surface area contributed by atoms with Crippen LogP contribution in [0.25, 0.3) is 10.2 Å². The Morgan fingerprint density at radius 2 is 2.00 bits per heavy atom. The highest BCUT2D eigenvalue weighted by Gasteiger charge is 2.21. The van der Waals surface area contributed by atoms with E-state index in [0.29, 0.717) is 24.3 Å². The van der Waals surface area contributed by atoms with Gasteiger partial charge in [-0.2, -0.15) is 10.1 Å². The van der Waals surface area contributed by atoms with E-state index in [9.17, 15) is 4.79 Å². The Hall–Kier alpha value is -2.52. The van der Waals surface area contributed by atoms with Gasteiger partial charge in [-0.25, -0.2) is 9.67 Å². The number of rotatable bonds is 6. The van der Waals surface area contributed by atoms with Crippen LogP contribution in [0.5, 0.6) is 0 Å². The minimum absolute atomic E-state index is 0.0352. The van der Waals surface area contributed by atoms with Gasteiger partial charge >= 0.3 is 0 Å². The molecular formula is C23H31N7OS. The van der Waals surface area contributed by atoms with Crippen molar-refractivity contribution in [2.75, 3.05) is 23.7 Å². The molecule has 32 heavy (non-hydrogen) atoms. The maximum atomic E-state index is 12.6. The number of hydrogen-bond acceptors (Lipinski definition) is 8. The van der Waals surface area contributed by atoms with Crippen LogP contribution in [0.4, 0.5) is 17.5 Å². The van der Waals surface area contributed by atoms with Crippen molar-refractivity contribution in [3.8, 4) is 0 Å². The lowest BCUT2D eigenvalue weighted by molar-refractivity contribution is 0.0854. The number of piperidine rings is 1.